The summed E-state index contributed by atoms with van der Waals surface area (Å²) in [5.41, 5.74) is 5.47. The van der Waals surface area contributed by atoms with E-state index in [4.69, 9.17) is 10.8 Å². The van der Waals surface area contributed by atoms with E-state index in [0.29, 0.717) is 6.42 Å². The van der Waals surface area contributed by atoms with Crippen molar-refractivity contribution in [3.05, 3.63) is 0 Å². The number of hydrogen-bond donors (Lipinski definition) is 2. The molecule has 2 atom stereocenters. The normalized spacial score (nSPS) is 14.7. The van der Waals surface area contributed by atoms with Crippen molar-refractivity contribution in [1.82, 2.24) is 0 Å². The van der Waals surface area contributed by atoms with Gasteiger partial charge in [0.05, 0.1) is 6.61 Å². The van der Waals surface area contributed by atoms with E-state index in [9.17, 15) is 9.59 Å². The van der Waals surface area contributed by atoms with Gasteiger partial charge in [0, 0.05) is 6.04 Å². The minimum atomic E-state index is -1.25. The summed E-state index contributed by atoms with van der Waals surface area (Å²) in [5, 5.41) is 8.69. The first-order valence-electron chi connectivity index (χ1n) is 4.19. The number of carboxylic acid groups (broad SMARTS) is 1. The third kappa shape index (κ3) is 3.42. The Morgan fingerprint density at radius 1 is 1.46 bits per heavy atom. The molecule has 0 bridgehead atoms. The first kappa shape index (κ1) is 11.9. The van der Waals surface area contributed by atoms with E-state index < -0.39 is 23.9 Å². The summed E-state index contributed by atoms with van der Waals surface area (Å²) in [6.07, 6.45) is 0.426. The molecule has 0 rings (SSSR count). The average Bonchev–Trinajstić information content (AvgIpc) is 2.04. The zero-order valence-electron chi connectivity index (χ0n) is 7.82. The van der Waals surface area contributed by atoms with Crippen LogP contribution in [0.2, 0.25) is 0 Å². The summed E-state index contributed by atoms with van der Waals surface area (Å²) in [7, 11) is 0. The van der Waals surface area contributed by atoms with Crippen LogP contribution in [-0.2, 0) is 14.3 Å². The van der Waals surface area contributed by atoms with E-state index in [1.807, 2.05) is 0 Å². The van der Waals surface area contributed by atoms with Crippen molar-refractivity contribution in [1.29, 1.82) is 0 Å². The molecule has 0 saturated heterocycles. The molecule has 0 radical (unpaired) electrons. The van der Waals surface area contributed by atoms with Crippen molar-refractivity contribution >= 4 is 11.9 Å². The number of aliphatic carboxylic acids is 1. The Morgan fingerprint density at radius 3 is 2.31 bits per heavy atom. The number of nitrogens with two attached hydrogens (primary N) is 1. The lowest BCUT2D eigenvalue weighted by atomic mass is 9.99. The standard InChI is InChI=1S/C8H15NO4/c1-3-5(9)6(7(10)11)8(12)13-4-2/h5-6H,3-4,9H2,1-2H3,(H,10,11). The van der Waals surface area contributed by atoms with E-state index in [-0.39, 0.29) is 6.61 Å². The Labute approximate surface area is 76.9 Å². The number of carboxylic acids is 1. The Hall–Kier alpha value is -1.10. The minimum absolute atomic E-state index is 0.166. The largest absolute Gasteiger partial charge is 0.481 e. The average molecular weight is 189 g/mol. The predicted octanol–water partition coefficient (Wildman–Crippen LogP) is -0.0124. The highest BCUT2D eigenvalue weighted by atomic mass is 16.5. The maximum Gasteiger partial charge on any atom is 0.321 e. The molecule has 0 aromatic carbocycles. The van der Waals surface area contributed by atoms with Gasteiger partial charge in [-0.2, -0.15) is 0 Å². The lowest BCUT2D eigenvalue weighted by Gasteiger charge is -2.16. The molecular weight excluding hydrogens is 174 g/mol. The molecule has 0 amide bonds. The van der Waals surface area contributed by atoms with Crippen molar-refractivity contribution in [2.45, 2.75) is 26.3 Å². The fraction of sp³-hybridized carbons (Fsp3) is 0.750. The molecule has 0 aromatic heterocycles. The second-order valence-corrected chi connectivity index (χ2v) is 2.64. The number of carbonyl (C=O) groups is 2. The molecule has 0 heterocycles. The molecular formula is C8H15NO4. The van der Waals surface area contributed by atoms with Gasteiger partial charge in [-0.25, -0.2) is 0 Å². The number of carbonyl (C=O) groups excluding carboxylic acids is 1. The summed E-state index contributed by atoms with van der Waals surface area (Å²) in [6, 6.07) is -0.684. The monoisotopic (exact) mass is 189 g/mol. The molecule has 5 nitrogen and oxygen atoms in total. The van der Waals surface area contributed by atoms with Crippen LogP contribution in [0.5, 0.6) is 0 Å². The number of hydrogen-bond acceptors (Lipinski definition) is 4. The first-order chi connectivity index (χ1) is 6.04. The van der Waals surface area contributed by atoms with Crippen LogP contribution < -0.4 is 5.73 Å². The predicted molar refractivity (Wildman–Crippen MR) is 46.0 cm³/mol. The molecule has 0 aromatic rings. The van der Waals surface area contributed by atoms with Crippen LogP contribution in [0.25, 0.3) is 0 Å². The van der Waals surface area contributed by atoms with Crippen molar-refractivity contribution in [2.75, 3.05) is 6.61 Å². The quantitative estimate of drug-likeness (QED) is 0.469. The molecule has 0 aliphatic heterocycles. The van der Waals surface area contributed by atoms with Crippen LogP contribution in [0, 0.1) is 5.92 Å². The van der Waals surface area contributed by atoms with Crippen LogP contribution in [0.3, 0.4) is 0 Å². The molecule has 0 aliphatic carbocycles. The fourth-order valence-corrected chi connectivity index (χ4v) is 0.926. The van der Waals surface area contributed by atoms with Gasteiger partial charge in [0.25, 0.3) is 0 Å². The van der Waals surface area contributed by atoms with Gasteiger partial charge in [-0.1, -0.05) is 6.92 Å². The van der Waals surface area contributed by atoms with E-state index in [0.717, 1.165) is 0 Å². The number of rotatable bonds is 5. The van der Waals surface area contributed by atoms with Gasteiger partial charge in [0.2, 0.25) is 0 Å². The lowest BCUT2D eigenvalue weighted by Crippen LogP contribution is -2.41. The van der Waals surface area contributed by atoms with Gasteiger partial charge in [0.15, 0.2) is 5.92 Å². The molecule has 76 valence electrons. The Morgan fingerprint density at radius 2 is 2.00 bits per heavy atom. The van der Waals surface area contributed by atoms with Crippen LogP contribution in [0.15, 0.2) is 0 Å². The Kier molecular flexibility index (Phi) is 5.06. The zero-order valence-corrected chi connectivity index (χ0v) is 7.82. The van der Waals surface area contributed by atoms with Crippen molar-refractivity contribution < 1.29 is 19.4 Å². The third-order valence-corrected chi connectivity index (χ3v) is 1.71. The van der Waals surface area contributed by atoms with Crippen LogP contribution in [0.4, 0.5) is 0 Å². The SMILES string of the molecule is CCOC(=O)C(C(=O)O)C(N)CC. The van der Waals surface area contributed by atoms with Crippen molar-refractivity contribution in [2.24, 2.45) is 11.7 Å². The summed E-state index contributed by atoms with van der Waals surface area (Å²) in [5.74, 6) is -3.23. The van der Waals surface area contributed by atoms with E-state index in [2.05, 4.69) is 4.74 Å². The van der Waals surface area contributed by atoms with Crippen molar-refractivity contribution in [3.63, 3.8) is 0 Å². The summed E-state index contributed by atoms with van der Waals surface area (Å²) < 4.78 is 4.59. The van der Waals surface area contributed by atoms with E-state index >= 15 is 0 Å². The van der Waals surface area contributed by atoms with Gasteiger partial charge in [-0.05, 0) is 13.3 Å². The molecule has 0 fully saturated rings. The van der Waals surface area contributed by atoms with Crippen LogP contribution in [-0.4, -0.2) is 29.7 Å². The summed E-state index contributed by atoms with van der Waals surface area (Å²) >= 11 is 0. The van der Waals surface area contributed by atoms with E-state index in [1.165, 1.54) is 0 Å². The summed E-state index contributed by atoms with van der Waals surface area (Å²) in [6.45, 7) is 3.51. The smallest absolute Gasteiger partial charge is 0.321 e. The lowest BCUT2D eigenvalue weighted by molar-refractivity contribution is -0.159. The number of esters is 1. The third-order valence-electron chi connectivity index (χ3n) is 1.71. The van der Waals surface area contributed by atoms with Gasteiger partial charge in [-0.3, -0.25) is 9.59 Å². The zero-order chi connectivity index (χ0) is 10.4. The Balaban J connectivity index is 4.41. The number of ether oxygens (including phenoxy) is 1. The fourth-order valence-electron chi connectivity index (χ4n) is 0.926. The maximum atomic E-state index is 11.1. The highest BCUT2D eigenvalue weighted by molar-refractivity contribution is 5.94. The second-order valence-electron chi connectivity index (χ2n) is 2.64. The molecule has 5 heteroatoms. The minimum Gasteiger partial charge on any atom is -0.481 e. The molecule has 0 saturated carbocycles. The molecule has 2 unspecified atom stereocenters. The Bertz CT molecular complexity index is 193. The van der Waals surface area contributed by atoms with Gasteiger partial charge in [0.1, 0.15) is 0 Å². The maximum absolute atomic E-state index is 11.1. The molecule has 13 heavy (non-hydrogen) atoms. The van der Waals surface area contributed by atoms with Crippen LogP contribution >= 0.6 is 0 Å². The molecule has 0 spiro atoms. The second kappa shape index (κ2) is 5.53. The molecule has 0 aliphatic rings. The molecule has 3 N–H and O–H groups in total. The van der Waals surface area contributed by atoms with Crippen LogP contribution in [0.1, 0.15) is 20.3 Å². The first-order valence-corrected chi connectivity index (χ1v) is 4.19. The van der Waals surface area contributed by atoms with E-state index in [1.54, 1.807) is 13.8 Å². The van der Waals surface area contributed by atoms with Crippen molar-refractivity contribution in [3.8, 4) is 0 Å². The highest BCUT2D eigenvalue weighted by Gasteiger charge is 2.32. The highest BCUT2D eigenvalue weighted by Crippen LogP contribution is 2.08. The van der Waals surface area contributed by atoms with Gasteiger partial charge in [-0.15, -0.1) is 0 Å². The summed E-state index contributed by atoms with van der Waals surface area (Å²) in [4.78, 5) is 21.7. The van der Waals surface area contributed by atoms with Gasteiger partial charge >= 0.3 is 11.9 Å². The van der Waals surface area contributed by atoms with Gasteiger partial charge < -0.3 is 15.6 Å². The topological polar surface area (TPSA) is 89.6 Å².